The second-order valence-corrected chi connectivity index (χ2v) is 8.53. The van der Waals surface area contributed by atoms with Gasteiger partial charge in [0, 0.05) is 40.9 Å². The van der Waals surface area contributed by atoms with Crippen LogP contribution in [0.1, 0.15) is 11.4 Å². The van der Waals surface area contributed by atoms with Crippen molar-refractivity contribution in [3.63, 3.8) is 0 Å². The molecule has 4 aromatic heterocycles. The Morgan fingerprint density at radius 2 is 1.59 bits per heavy atom. The molecule has 0 atom stereocenters. The largest absolute Gasteiger partial charge is 0.457 e. The Labute approximate surface area is 201 Å². The van der Waals surface area contributed by atoms with Gasteiger partial charge in [-0.2, -0.15) is 5.10 Å². The first-order valence-electron chi connectivity index (χ1n) is 10.9. The fraction of sp³-hybridized carbons (Fsp3) is 0.0741. The third kappa shape index (κ3) is 3.49. The maximum atomic E-state index is 6.33. The van der Waals surface area contributed by atoms with Crippen molar-refractivity contribution in [3.05, 3.63) is 102 Å². The van der Waals surface area contributed by atoms with Crippen LogP contribution in [0, 0.1) is 13.8 Å². The summed E-state index contributed by atoms with van der Waals surface area (Å²) in [5.41, 5.74) is 3.98. The van der Waals surface area contributed by atoms with E-state index in [1.165, 1.54) is 0 Å². The van der Waals surface area contributed by atoms with Gasteiger partial charge < -0.3 is 4.74 Å². The molecular weight excluding hydrogens is 446 g/mol. The van der Waals surface area contributed by atoms with E-state index in [4.69, 9.17) is 16.3 Å². The number of hydrogen-bond donors (Lipinski definition) is 0. The molecule has 2 aromatic carbocycles. The number of ether oxygens (including phenoxy) is 1. The highest BCUT2D eigenvalue weighted by atomic mass is 35.5. The number of nitrogens with zero attached hydrogens (tertiary/aromatic N) is 5. The minimum atomic E-state index is 0.337. The van der Waals surface area contributed by atoms with Crippen LogP contribution >= 0.6 is 11.6 Å². The number of aryl methyl sites for hydroxylation is 2. The molecule has 0 bridgehead atoms. The predicted octanol–water partition coefficient (Wildman–Crippen LogP) is 6.82. The van der Waals surface area contributed by atoms with E-state index in [2.05, 4.69) is 43.9 Å². The summed E-state index contributed by atoms with van der Waals surface area (Å²) in [5.74, 6) is 2.73. The Morgan fingerprint density at radius 1 is 0.765 bits per heavy atom. The van der Waals surface area contributed by atoms with Crippen molar-refractivity contribution in [1.82, 2.24) is 24.3 Å². The monoisotopic (exact) mass is 465 g/mol. The van der Waals surface area contributed by atoms with E-state index in [1.807, 2.05) is 62.4 Å². The first kappa shape index (κ1) is 20.4. The van der Waals surface area contributed by atoms with Crippen LogP contribution in [-0.4, -0.2) is 24.3 Å². The number of rotatable bonds is 4. The van der Waals surface area contributed by atoms with Crippen LogP contribution < -0.4 is 4.74 Å². The van der Waals surface area contributed by atoms with Crippen molar-refractivity contribution in [2.45, 2.75) is 13.8 Å². The van der Waals surface area contributed by atoms with Gasteiger partial charge in [-0.25, -0.2) is 14.6 Å². The molecule has 166 valence electrons. The smallest absolute Gasteiger partial charge is 0.159 e. The van der Waals surface area contributed by atoms with Gasteiger partial charge in [-0.3, -0.25) is 4.57 Å². The van der Waals surface area contributed by atoms with E-state index in [-0.39, 0.29) is 0 Å². The summed E-state index contributed by atoms with van der Waals surface area (Å²) in [6, 6.07) is 25.8. The maximum absolute atomic E-state index is 6.33. The van der Waals surface area contributed by atoms with Gasteiger partial charge in [0.15, 0.2) is 5.82 Å². The fourth-order valence-electron chi connectivity index (χ4n) is 4.37. The van der Waals surface area contributed by atoms with Crippen LogP contribution in [0.25, 0.3) is 33.4 Å². The van der Waals surface area contributed by atoms with Gasteiger partial charge in [0.05, 0.1) is 16.7 Å². The second-order valence-electron chi connectivity index (χ2n) is 8.14. The summed E-state index contributed by atoms with van der Waals surface area (Å²) in [4.78, 5) is 9.01. The Morgan fingerprint density at radius 3 is 2.38 bits per heavy atom. The van der Waals surface area contributed by atoms with Crippen LogP contribution in [0.15, 0.2) is 85.1 Å². The maximum Gasteiger partial charge on any atom is 0.159 e. The van der Waals surface area contributed by atoms with Crippen LogP contribution in [0.2, 0.25) is 5.15 Å². The molecule has 6 rings (SSSR count). The molecule has 0 aliphatic rings. The van der Waals surface area contributed by atoms with Gasteiger partial charge in [0.2, 0.25) is 0 Å². The highest BCUT2D eigenvalue weighted by Crippen LogP contribution is 2.35. The lowest BCUT2D eigenvalue weighted by Gasteiger charge is -2.11. The van der Waals surface area contributed by atoms with Crippen molar-refractivity contribution >= 4 is 33.4 Å². The van der Waals surface area contributed by atoms with E-state index in [0.717, 1.165) is 39.0 Å². The molecule has 7 heteroatoms. The van der Waals surface area contributed by atoms with E-state index >= 15 is 0 Å². The molecule has 6 nitrogen and oxygen atoms in total. The van der Waals surface area contributed by atoms with E-state index in [9.17, 15) is 0 Å². The van der Waals surface area contributed by atoms with Crippen LogP contribution in [-0.2, 0) is 0 Å². The molecule has 0 fully saturated rings. The van der Waals surface area contributed by atoms with Gasteiger partial charge in [0.1, 0.15) is 22.5 Å². The minimum Gasteiger partial charge on any atom is -0.457 e. The molecule has 0 unspecified atom stereocenters. The number of hydrogen-bond acceptors (Lipinski definition) is 4. The fourth-order valence-corrected chi connectivity index (χ4v) is 4.57. The molecule has 34 heavy (non-hydrogen) atoms. The number of benzene rings is 2. The molecule has 0 aliphatic heterocycles. The average molecular weight is 466 g/mol. The Bertz CT molecular complexity index is 1670. The minimum absolute atomic E-state index is 0.337. The SMILES string of the molecule is Cc1cc(C)n(-c2cc(Oc3ccc4c5ccccc5n(-c5ccccn5)c4c3)cc(Cl)n2)n1. The Kier molecular flexibility index (Phi) is 4.81. The zero-order chi connectivity index (χ0) is 23.2. The number of pyridine rings is 2. The average Bonchev–Trinajstić information content (AvgIpc) is 3.35. The van der Waals surface area contributed by atoms with Crippen LogP contribution in [0.5, 0.6) is 11.5 Å². The molecular formula is C27H20ClN5O. The first-order chi connectivity index (χ1) is 16.6. The molecule has 4 heterocycles. The summed E-state index contributed by atoms with van der Waals surface area (Å²) >= 11 is 6.33. The van der Waals surface area contributed by atoms with Gasteiger partial charge in [-0.05, 0) is 50.2 Å². The summed E-state index contributed by atoms with van der Waals surface area (Å²) in [5, 5.41) is 7.14. The third-order valence-electron chi connectivity index (χ3n) is 5.74. The summed E-state index contributed by atoms with van der Waals surface area (Å²) in [6.45, 7) is 3.93. The van der Waals surface area contributed by atoms with Crippen molar-refractivity contribution < 1.29 is 4.74 Å². The molecule has 0 amide bonds. The first-order valence-corrected chi connectivity index (χ1v) is 11.3. The van der Waals surface area contributed by atoms with Crippen molar-refractivity contribution in [2.75, 3.05) is 0 Å². The number of fused-ring (bicyclic) bond motifs is 3. The number of para-hydroxylation sites is 1. The predicted molar refractivity (Wildman–Crippen MR) is 134 cm³/mol. The molecule has 0 spiro atoms. The summed E-state index contributed by atoms with van der Waals surface area (Å²) < 4.78 is 10.2. The van der Waals surface area contributed by atoms with Crippen molar-refractivity contribution in [3.8, 4) is 23.1 Å². The lowest BCUT2D eigenvalue weighted by atomic mass is 10.1. The Hall–Kier alpha value is -4.16. The zero-order valence-electron chi connectivity index (χ0n) is 18.6. The molecule has 0 radical (unpaired) electrons. The molecule has 0 aliphatic carbocycles. The van der Waals surface area contributed by atoms with Gasteiger partial charge >= 0.3 is 0 Å². The standard InChI is InChI=1S/C27H20ClN5O/c1-17-13-18(2)33(31-17)27-16-20(15-25(28)30-27)34-19-10-11-22-21-7-3-4-8-23(21)32(24(22)14-19)26-9-5-6-12-29-26/h3-16H,1-2H3. The highest BCUT2D eigenvalue weighted by molar-refractivity contribution is 6.29. The van der Waals surface area contributed by atoms with Crippen molar-refractivity contribution in [2.24, 2.45) is 0 Å². The lowest BCUT2D eigenvalue weighted by Crippen LogP contribution is -2.02. The van der Waals surface area contributed by atoms with E-state index in [1.54, 1.807) is 16.9 Å². The summed E-state index contributed by atoms with van der Waals surface area (Å²) in [7, 11) is 0. The third-order valence-corrected chi connectivity index (χ3v) is 5.93. The Balaban J connectivity index is 1.47. The second kappa shape index (κ2) is 8.01. The quantitative estimate of drug-likeness (QED) is 0.268. The van der Waals surface area contributed by atoms with E-state index in [0.29, 0.717) is 22.5 Å². The summed E-state index contributed by atoms with van der Waals surface area (Å²) in [6.07, 6.45) is 1.80. The zero-order valence-corrected chi connectivity index (χ0v) is 19.4. The van der Waals surface area contributed by atoms with Gasteiger partial charge in [0.25, 0.3) is 0 Å². The molecule has 0 saturated heterocycles. The van der Waals surface area contributed by atoms with Crippen LogP contribution in [0.4, 0.5) is 0 Å². The topological polar surface area (TPSA) is 57.8 Å². The van der Waals surface area contributed by atoms with Crippen LogP contribution in [0.3, 0.4) is 0 Å². The van der Waals surface area contributed by atoms with Gasteiger partial charge in [-0.15, -0.1) is 0 Å². The number of halogens is 1. The molecule has 0 saturated carbocycles. The van der Waals surface area contributed by atoms with Crippen molar-refractivity contribution in [1.29, 1.82) is 0 Å². The van der Waals surface area contributed by atoms with E-state index < -0.39 is 0 Å². The highest BCUT2D eigenvalue weighted by Gasteiger charge is 2.14. The normalized spacial score (nSPS) is 11.4. The number of aromatic nitrogens is 5. The van der Waals surface area contributed by atoms with Gasteiger partial charge in [-0.1, -0.05) is 35.9 Å². The molecule has 0 N–H and O–H groups in total. The lowest BCUT2D eigenvalue weighted by molar-refractivity contribution is 0.482. The molecule has 6 aromatic rings.